The van der Waals surface area contributed by atoms with E-state index in [1.807, 2.05) is 0 Å². The maximum atomic E-state index is 13.4. The largest absolute Gasteiger partial charge is 0.493 e. The van der Waals surface area contributed by atoms with Gasteiger partial charge in [0.15, 0.2) is 19.7 Å². The molecule has 0 radical (unpaired) electrons. The van der Waals surface area contributed by atoms with Crippen LogP contribution in [0.15, 0.2) is 144 Å². The molecule has 0 amide bonds. The predicted molar refractivity (Wildman–Crippen MR) is 235 cm³/mol. The first-order valence-electron chi connectivity index (χ1n) is 21.1. The second-order valence-corrected chi connectivity index (χ2v) is 19.9. The van der Waals surface area contributed by atoms with Crippen molar-refractivity contribution < 1.29 is 52.7 Å². The van der Waals surface area contributed by atoms with Gasteiger partial charge in [-0.1, -0.05) is 34.7 Å². The van der Waals surface area contributed by atoms with Gasteiger partial charge in [-0.05, 0) is 96.8 Å². The summed E-state index contributed by atoms with van der Waals surface area (Å²) in [6, 6.07) is 22.5. The number of benzene rings is 4. The summed E-state index contributed by atoms with van der Waals surface area (Å²) in [4.78, 5) is 0.123. The number of ether oxygens (including phenoxy) is 2. The number of aromatic nitrogens is 10. The molecule has 2 aliphatic rings. The number of halogens is 6. The molecule has 70 heavy (non-hydrogen) atoms. The third-order valence-electron chi connectivity index (χ3n) is 11.5. The van der Waals surface area contributed by atoms with Gasteiger partial charge in [-0.25, -0.2) is 26.2 Å². The number of hydrogen-bond donors (Lipinski definition) is 0. The maximum absolute atomic E-state index is 13.4. The molecule has 0 aliphatic carbocycles. The topological polar surface area (TPSA) is 200 Å². The zero-order chi connectivity index (χ0) is 49.3. The van der Waals surface area contributed by atoms with Gasteiger partial charge in [0, 0.05) is 35.4 Å². The van der Waals surface area contributed by atoms with E-state index >= 15 is 0 Å². The minimum Gasteiger partial charge on any atom is -0.493 e. The highest BCUT2D eigenvalue weighted by Crippen LogP contribution is 2.45. The molecular weight excluding hydrogens is 967 g/mol. The quantitative estimate of drug-likeness (QED) is 0.120. The van der Waals surface area contributed by atoms with E-state index in [0.29, 0.717) is 58.0 Å². The van der Waals surface area contributed by atoms with Crippen molar-refractivity contribution in [3.05, 3.63) is 179 Å². The third kappa shape index (κ3) is 10.2. The van der Waals surface area contributed by atoms with E-state index in [4.69, 9.17) is 9.47 Å². The first kappa shape index (κ1) is 47.5. The lowest BCUT2D eigenvalue weighted by Gasteiger charge is -2.28. The van der Waals surface area contributed by atoms with Gasteiger partial charge in [0.05, 0.1) is 93.2 Å². The Hall–Kier alpha value is -7.60. The monoisotopic (exact) mass is 1000 g/mol. The second-order valence-electron chi connectivity index (χ2n) is 16.0. The van der Waals surface area contributed by atoms with E-state index in [-0.39, 0.29) is 57.7 Å². The first-order chi connectivity index (χ1) is 33.4. The molecule has 8 aromatic rings. The van der Waals surface area contributed by atoms with Gasteiger partial charge in [0.2, 0.25) is 0 Å². The molecule has 0 spiro atoms. The van der Waals surface area contributed by atoms with Crippen molar-refractivity contribution in [3.63, 3.8) is 0 Å². The van der Waals surface area contributed by atoms with Crippen LogP contribution in [0.3, 0.4) is 0 Å². The van der Waals surface area contributed by atoms with E-state index in [0.717, 1.165) is 24.3 Å². The van der Waals surface area contributed by atoms with Crippen molar-refractivity contribution in [2.24, 2.45) is 0 Å². The Morgan fingerprint density at radius 3 is 1.29 bits per heavy atom. The average Bonchev–Trinajstić information content (AvgIpc) is 4.10. The Morgan fingerprint density at radius 1 is 0.514 bits per heavy atom. The summed E-state index contributed by atoms with van der Waals surface area (Å²) in [6.45, 7) is 0.534. The summed E-state index contributed by atoms with van der Waals surface area (Å²) in [7, 11) is -7.45. The second kappa shape index (κ2) is 19.1. The molecule has 10 rings (SSSR count). The Bertz CT molecular complexity index is 3140. The summed E-state index contributed by atoms with van der Waals surface area (Å²) in [5.41, 5.74) is 2.06. The molecule has 0 saturated carbocycles. The smallest absolute Gasteiger partial charge is 0.416 e. The molecule has 360 valence electrons. The minimum atomic E-state index is -4.52. The van der Waals surface area contributed by atoms with Crippen molar-refractivity contribution in [2.45, 2.75) is 58.3 Å². The third-order valence-corrected chi connectivity index (χ3v) is 14.8. The van der Waals surface area contributed by atoms with Crippen molar-refractivity contribution in [2.75, 3.05) is 13.2 Å². The number of sulfone groups is 2. The highest BCUT2D eigenvalue weighted by Gasteiger charge is 2.36. The van der Waals surface area contributed by atoms with Crippen LogP contribution in [0.25, 0.3) is 11.4 Å². The summed E-state index contributed by atoms with van der Waals surface area (Å²) >= 11 is 0. The Kier molecular flexibility index (Phi) is 12.9. The molecular formula is C46H36F6N10O6S2. The molecule has 4 aromatic carbocycles. The maximum Gasteiger partial charge on any atom is 0.416 e. The van der Waals surface area contributed by atoms with Crippen molar-refractivity contribution in [1.82, 2.24) is 50.4 Å². The molecule has 0 fully saturated rings. The lowest BCUT2D eigenvalue weighted by Crippen LogP contribution is -2.18. The molecule has 0 bridgehead atoms. The van der Waals surface area contributed by atoms with E-state index in [9.17, 15) is 43.2 Å². The Labute approximate surface area is 394 Å². The number of fused-ring (bicyclic) bond motifs is 2. The van der Waals surface area contributed by atoms with Crippen molar-refractivity contribution in [1.29, 1.82) is 0 Å². The first-order valence-corrected chi connectivity index (χ1v) is 24.4. The lowest BCUT2D eigenvalue weighted by atomic mass is 9.85. The van der Waals surface area contributed by atoms with Crippen molar-refractivity contribution in [3.8, 4) is 22.9 Å². The van der Waals surface area contributed by atoms with Gasteiger partial charge >= 0.3 is 12.4 Å². The fourth-order valence-electron chi connectivity index (χ4n) is 8.25. The van der Waals surface area contributed by atoms with E-state index in [1.54, 1.807) is 36.4 Å². The van der Waals surface area contributed by atoms with Gasteiger partial charge < -0.3 is 9.47 Å². The fourth-order valence-corrected chi connectivity index (χ4v) is 10.8. The van der Waals surface area contributed by atoms with Crippen LogP contribution in [0.1, 0.15) is 69.4 Å². The molecule has 0 saturated heterocycles. The number of alkyl halides is 6. The van der Waals surface area contributed by atoms with Gasteiger partial charge in [-0.3, -0.25) is 0 Å². The van der Waals surface area contributed by atoms with Crippen molar-refractivity contribution >= 4 is 19.7 Å². The van der Waals surface area contributed by atoms with E-state index in [2.05, 4.69) is 41.0 Å². The molecule has 24 heteroatoms. The molecule has 0 unspecified atom stereocenters. The van der Waals surface area contributed by atoms with Gasteiger partial charge in [0.25, 0.3) is 0 Å². The van der Waals surface area contributed by atoms with Crippen LogP contribution >= 0.6 is 0 Å². The molecule has 6 heterocycles. The number of hydrogen-bond acceptors (Lipinski definition) is 14. The standard InChI is InChI=1S/2C23H18F3N5O3S/c2*24-23(25,26)15-3-5-19(21(12-15)31-10-9-28-30-31)18-7-11-34-22-13-17(4-6-20(18)22)35(32,33)14-16-2-1-8-27-29-16/h2*1-6,8-10,12-13,18H,7,11,14H2/t2*18-/m10/s1. The molecule has 4 aromatic heterocycles. The zero-order valence-corrected chi connectivity index (χ0v) is 37.7. The minimum absolute atomic E-state index is 0.0615. The predicted octanol–water partition coefficient (Wildman–Crippen LogP) is 7.93. The normalized spacial score (nSPS) is 15.9. The van der Waals surface area contributed by atoms with Gasteiger partial charge in [0.1, 0.15) is 11.5 Å². The van der Waals surface area contributed by atoms with Gasteiger partial charge in [-0.2, -0.15) is 46.7 Å². The van der Waals surface area contributed by atoms with Crippen LogP contribution in [0, 0.1) is 0 Å². The van der Waals surface area contributed by atoms with Crippen LogP contribution in [-0.2, 0) is 43.5 Å². The summed E-state index contributed by atoms with van der Waals surface area (Å²) in [6.07, 6.45) is 0.573. The van der Waals surface area contributed by atoms with E-state index in [1.165, 1.54) is 82.9 Å². The van der Waals surface area contributed by atoms with Crippen LogP contribution in [0.4, 0.5) is 26.3 Å². The number of rotatable bonds is 10. The van der Waals surface area contributed by atoms with E-state index < -0.39 is 43.2 Å². The SMILES string of the molecule is O=S(=O)(Cc1cccnn1)c1ccc2c(c1)OCC[C@@H]2c1ccc(C(F)(F)F)cc1-n1ccnn1.O=S(=O)(Cc1cccnn1)c1ccc2c(c1)OCC[C@H]2c1ccc(C(F)(F)F)cc1-n1ccnn1. The molecule has 0 N–H and O–H groups in total. The average molecular weight is 1000 g/mol. The van der Waals surface area contributed by atoms with Crippen LogP contribution in [0.5, 0.6) is 11.5 Å². The summed E-state index contributed by atoms with van der Waals surface area (Å²) in [5.74, 6) is -0.581. The highest BCUT2D eigenvalue weighted by atomic mass is 32.2. The molecule has 2 atom stereocenters. The Balaban J connectivity index is 0.000000174. The summed E-state index contributed by atoms with van der Waals surface area (Å²) in [5, 5.41) is 30.3. The van der Waals surface area contributed by atoms with Crippen LogP contribution in [0.2, 0.25) is 0 Å². The summed E-state index contributed by atoms with van der Waals surface area (Å²) < 4.78 is 146. The molecule has 2 aliphatic heterocycles. The number of nitrogens with zero attached hydrogens (tertiary/aromatic N) is 10. The van der Waals surface area contributed by atoms with Crippen LogP contribution < -0.4 is 9.47 Å². The highest BCUT2D eigenvalue weighted by molar-refractivity contribution is 7.91. The lowest BCUT2D eigenvalue weighted by molar-refractivity contribution is -0.138. The fraction of sp³-hybridized carbons (Fsp3) is 0.217. The zero-order valence-electron chi connectivity index (χ0n) is 36.1. The van der Waals surface area contributed by atoms with Gasteiger partial charge in [-0.15, -0.1) is 10.2 Å². The van der Waals surface area contributed by atoms with Crippen LogP contribution in [-0.4, -0.2) is 80.4 Å². The molecule has 16 nitrogen and oxygen atoms in total. The Morgan fingerprint density at radius 2 is 0.929 bits per heavy atom.